The number of carbonyl (C=O) groups excluding carboxylic acids is 1. The van der Waals surface area contributed by atoms with Gasteiger partial charge in [0.25, 0.3) is 0 Å². The highest BCUT2D eigenvalue weighted by molar-refractivity contribution is 5.78. The number of carboxylic acid groups (broad SMARTS) is 1. The van der Waals surface area contributed by atoms with Gasteiger partial charge in [0, 0.05) is 26.2 Å². The summed E-state index contributed by atoms with van der Waals surface area (Å²) >= 11 is 0. The Balaban J connectivity index is 2.55. The lowest BCUT2D eigenvalue weighted by Gasteiger charge is -2.42. The van der Waals surface area contributed by atoms with Crippen LogP contribution >= 0.6 is 0 Å². The number of rotatable bonds is 5. The summed E-state index contributed by atoms with van der Waals surface area (Å²) in [4.78, 5) is 26.5. The third-order valence-electron chi connectivity index (χ3n) is 3.71. The minimum atomic E-state index is -0.864. The Morgan fingerprint density at radius 3 is 2.37 bits per heavy atom. The molecule has 1 aliphatic rings. The molecule has 0 aromatic rings. The van der Waals surface area contributed by atoms with Crippen LogP contribution in [0.3, 0.4) is 0 Å². The lowest BCUT2D eigenvalue weighted by atomic mass is 9.95. The van der Waals surface area contributed by atoms with E-state index in [-0.39, 0.29) is 12.7 Å². The minimum Gasteiger partial charge on any atom is -0.480 e. The molecule has 0 aromatic heterocycles. The van der Waals surface area contributed by atoms with E-state index in [2.05, 4.69) is 6.58 Å². The van der Waals surface area contributed by atoms with Crippen LogP contribution in [0, 0.1) is 0 Å². The number of amides is 1. The van der Waals surface area contributed by atoms with Crippen molar-refractivity contribution >= 4 is 12.1 Å². The van der Waals surface area contributed by atoms with Crippen molar-refractivity contribution in [2.24, 2.45) is 0 Å². The van der Waals surface area contributed by atoms with Gasteiger partial charge in [-0.3, -0.25) is 9.69 Å². The second-order valence-electron chi connectivity index (χ2n) is 4.77. The largest absolute Gasteiger partial charge is 0.480 e. The van der Waals surface area contributed by atoms with Gasteiger partial charge in [0.1, 0.15) is 12.1 Å². The first-order valence-electron chi connectivity index (χ1n) is 6.46. The van der Waals surface area contributed by atoms with Gasteiger partial charge in [0.2, 0.25) is 0 Å². The molecule has 1 unspecified atom stereocenters. The Bertz CT molecular complexity index is 351. The van der Waals surface area contributed by atoms with E-state index in [1.54, 1.807) is 11.8 Å². The molecule has 0 aliphatic carbocycles. The number of ether oxygens (including phenoxy) is 1. The van der Waals surface area contributed by atoms with E-state index in [0.29, 0.717) is 32.6 Å². The summed E-state index contributed by atoms with van der Waals surface area (Å²) in [7, 11) is 0. The van der Waals surface area contributed by atoms with Crippen molar-refractivity contribution in [3.63, 3.8) is 0 Å². The second-order valence-corrected chi connectivity index (χ2v) is 4.77. The standard InChI is InChI=1S/C13H22N2O4/c1-4-10-19-12(18)14-6-8-15(9-7-14)13(3,5-2)11(16)17/h4H,1,5-10H2,2-3H3,(H,16,17). The maximum Gasteiger partial charge on any atom is 0.410 e. The molecule has 1 fully saturated rings. The monoisotopic (exact) mass is 270 g/mol. The first-order valence-corrected chi connectivity index (χ1v) is 6.46. The average molecular weight is 270 g/mol. The summed E-state index contributed by atoms with van der Waals surface area (Å²) in [5.74, 6) is -0.822. The molecule has 0 saturated carbocycles. The predicted molar refractivity (Wildman–Crippen MR) is 71.0 cm³/mol. The molecule has 1 rings (SSSR count). The smallest absolute Gasteiger partial charge is 0.410 e. The number of piperazine rings is 1. The van der Waals surface area contributed by atoms with Crippen LogP contribution in [0.2, 0.25) is 0 Å². The number of nitrogens with zero attached hydrogens (tertiary/aromatic N) is 2. The molecule has 1 heterocycles. The van der Waals surface area contributed by atoms with Crippen molar-refractivity contribution in [1.82, 2.24) is 9.80 Å². The van der Waals surface area contributed by atoms with E-state index in [4.69, 9.17) is 4.74 Å². The number of hydrogen-bond donors (Lipinski definition) is 1. The molecule has 0 aromatic carbocycles. The zero-order valence-corrected chi connectivity index (χ0v) is 11.6. The Morgan fingerprint density at radius 2 is 1.95 bits per heavy atom. The Kier molecular flexibility index (Phi) is 5.35. The lowest BCUT2D eigenvalue weighted by molar-refractivity contribution is -0.152. The van der Waals surface area contributed by atoms with Gasteiger partial charge in [-0.2, -0.15) is 0 Å². The van der Waals surface area contributed by atoms with Crippen LogP contribution in [-0.2, 0) is 9.53 Å². The molecular formula is C13H22N2O4. The van der Waals surface area contributed by atoms with Gasteiger partial charge in [-0.1, -0.05) is 19.6 Å². The zero-order chi connectivity index (χ0) is 14.5. The summed E-state index contributed by atoms with van der Waals surface area (Å²) in [6.07, 6.45) is 1.68. The fraction of sp³-hybridized carbons (Fsp3) is 0.692. The Labute approximate surface area is 113 Å². The third-order valence-corrected chi connectivity index (χ3v) is 3.71. The highest BCUT2D eigenvalue weighted by atomic mass is 16.6. The van der Waals surface area contributed by atoms with Crippen LogP contribution in [0.4, 0.5) is 4.79 Å². The Hall–Kier alpha value is -1.56. The van der Waals surface area contributed by atoms with E-state index >= 15 is 0 Å². The van der Waals surface area contributed by atoms with Crippen molar-refractivity contribution < 1.29 is 19.4 Å². The highest BCUT2D eigenvalue weighted by Gasteiger charge is 2.39. The van der Waals surface area contributed by atoms with E-state index in [1.165, 1.54) is 6.08 Å². The van der Waals surface area contributed by atoms with Gasteiger partial charge >= 0.3 is 12.1 Å². The average Bonchev–Trinajstić information content (AvgIpc) is 2.43. The number of carboxylic acids is 1. The van der Waals surface area contributed by atoms with Crippen LogP contribution in [-0.4, -0.2) is 65.3 Å². The molecule has 1 N–H and O–H groups in total. The predicted octanol–water partition coefficient (Wildman–Crippen LogP) is 1.18. The number of aliphatic carboxylic acids is 1. The molecule has 6 heteroatoms. The SMILES string of the molecule is C=CCOC(=O)N1CCN(C(C)(CC)C(=O)O)CC1. The molecule has 0 spiro atoms. The summed E-state index contributed by atoms with van der Waals surface area (Å²) in [5.41, 5.74) is -0.864. The van der Waals surface area contributed by atoms with Gasteiger partial charge in [-0.15, -0.1) is 0 Å². The molecular weight excluding hydrogens is 248 g/mol. The van der Waals surface area contributed by atoms with Crippen molar-refractivity contribution in [2.75, 3.05) is 32.8 Å². The van der Waals surface area contributed by atoms with E-state index in [0.717, 1.165) is 0 Å². The van der Waals surface area contributed by atoms with Gasteiger partial charge in [-0.25, -0.2) is 4.79 Å². The van der Waals surface area contributed by atoms with Crippen molar-refractivity contribution in [1.29, 1.82) is 0 Å². The maximum atomic E-state index is 11.6. The van der Waals surface area contributed by atoms with Gasteiger partial charge in [-0.05, 0) is 13.3 Å². The van der Waals surface area contributed by atoms with Crippen LogP contribution in [0.5, 0.6) is 0 Å². The molecule has 0 radical (unpaired) electrons. The van der Waals surface area contributed by atoms with E-state index in [1.807, 2.05) is 11.8 Å². The van der Waals surface area contributed by atoms with Crippen LogP contribution in [0.1, 0.15) is 20.3 Å². The van der Waals surface area contributed by atoms with Gasteiger partial charge < -0.3 is 14.7 Å². The molecule has 19 heavy (non-hydrogen) atoms. The summed E-state index contributed by atoms with van der Waals surface area (Å²) < 4.78 is 4.96. The molecule has 1 saturated heterocycles. The van der Waals surface area contributed by atoms with Crippen molar-refractivity contribution in [2.45, 2.75) is 25.8 Å². The summed E-state index contributed by atoms with van der Waals surface area (Å²) in [6, 6.07) is 0. The van der Waals surface area contributed by atoms with Crippen molar-refractivity contribution in [3.8, 4) is 0 Å². The molecule has 1 atom stereocenters. The topological polar surface area (TPSA) is 70.1 Å². The normalized spacial score (nSPS) is 19.6. The van der Waals surface area contributed by atoms with Crippen LogP contribution in [0.15, 0.2) is 12.7 Å². The fourth-order valence-electron chi connectivity index (χ4n) is 2.11. The fourth-order valence-corrected chi connectivity index (χ4v) is 2.11. The van der Waals surface area contributed by atoms with E-state index < -0.39 is 11.5 Å². The second kappa shape index (κ2) is 6.56. The maximum absolute atomic E-state index is 11.6. The third kappa shape index (κ3) is 3.47. The van der Waals surface area contributed by atoms with Crippen LogP contribution < -0.4 is 0 Å². The lowest BCUT2D eigenvalue weighted by Crippen LogP contribution is -2.59. The van der Waals surface area contributed by atoms with Gasteiger partial charge in [0.05, 0.1) is 0 Å². The summed E-state index contributed by atoms with van der Waals surface area (Å²) in [5, 5.41) is 9.32. The summed E-state index contributed by atoms with van der Waals surface area (Å²) in [6.45, 7) is 9.31. The first kappa shape index (κ1) is 15.5. The molecule has 1 aliphatic heterocycles. The number of hydrogen-bond acceptors (Lipinski definition) is 4. The molecule has 1 amide bonds. The zero-order valence-electron chi connectivity index (χ0n) is 11.6. The minimum absolute atomic E-state index is 0.195. The highest BCUT2D eigenvalue weighted by Crippen LogP contribution is 2.21. The number of carbonyl (C=O) groups is 2. The van der Waals surface area contributed by atoms with Crippen molar-refractivity contribution in [3.05, 3.63) is 12.7 Å². The Morgan fingerprint density at radius 1 is 1.37 bits per heavy atom. The quantitative estimate of drug-likeness (QED) is 0.760. The molecule has 108 valence electrons. The molecule has 6 nitrogen and oxygen atoms in total. The molecule has 0 bridgehead atoms. The van der Waals surface area contributed by atoms with Gasteiger partial charge in [0.15, 0.2) is 0 Å². The van der Waals surface area contributed by atoms with E-state index in [9.17, 15) is 14.7 Å². The first-order chi connectivity index (χ1) is 8.95. The van der Waals surface area contributed by atoms with Crippen LogP contribution in [0.25, 0.3) is 0 Å².